The van der Waals surface area contributed by atoms with Gasteiger partial charge in [-0.15, -0.1) is 0 Å². The van der Waals surface area contributed by atoms with Gasteiger partial charge in [0.1, 0.15) is 0 Å². The molecule has 1 aliphatic carbocycles. The standard InChI is InChI=1S/C21H34O/c22-21(20-16-12-11-13-17-20)18-14-9-7-5-3-1-2-4-6-8-10-15-19-21/h11-13,16-17,22H,1-10,14-15,18-19H2. The third-order valence-electron chi connectivity index (χ3n) is 5.24. The van der Waals surface area contributed by atoms with Crippen molar-refractivity contribution in [1.82, 2.24) is 0 Å². The first-order chi connectivity index (χ1) is 10.8. The Morgan fingerprint density at radius 3 is 1.32 bits per heavy atom. The van der Waals surface area contributed by atoms with E-state index in [1.807, 2.05) is 6.07 Å². The van der Waals surface area contributed by atoms with Crippen molar-refractivity contribution in [1.29, 1.82) is 0 Å². The zero-order valence-corrected chi connectivity index (χ0v) is 14.2. The lowest BCUT2D eigenvalue weighted by Gasteiger charge is -2.29. The number of hydrogen-bond donors (Lipinski definition) is 1. The Balaban J connectivity index is 1.93. The van der Waals surface area contributed by atoms with Crippen molar-refractivity contribution >= 4 is 0 Å². The van der Waals surface area contributed by atoms with Crippen LogP contribution in [0.1, 0.15) is 95.5 Å². The highest BCUT2D eigenvalue weighted by Gasteiger charge is 2.27. The topological polar surface area (TPSA) is 20.2 Å². The second-order valence-corrected chi connectivity index (χ2v) is 7.14. The first-order valence-electron chi connectivity index (χ1n) is 9.59. The molecule has 1 fully saturated rings. The van der Waals surface area contributed by atoms with Crippen molar-refractivity contribution in [2.24, 2.45) is 0 Å². The van der Waals surface area contributed by atoms with Gasteiger partial charge in [0.05, 0.1) is 5.60 Å². The van der Waals surface area contributed by atoms with E-state index in [9.17, 15) is 5.11 Å². The van der Waals surface area contributed by atoms with E-state index in [-0.39, 0.29) is 0 Å². The molecule has 1 aromatic carbocycles. The summed E-state index contributed by atoms with van der Waals surface area (Å²) in [5.41, 5.74) is 0.529. The molecule has 1 aromatic rings. The lowest BCUT2D eigenvalue weighted by atomic mass is 9.83. The Morgan fingerprint density at radius 1 is 0.545 bits per heavy atom. The highest BCUT2D eigenvalue weighted by molar-refractivity contribution is 5.22. The minimum atomic E-state index is -0.596. The molecule has 1 saturated carbocycles. The molecule has 124 valence electrons. The molecule has 0 radical (unpaired) electrons. The Kier molecular flexibility index (Phi) is 8.01. The van der Waals surface area contributed by atoms with Crippen LogP contribution in [0, 0.1) is 0 Å². The van der Waals surface area contributed by atoms with Crippen LogP contribution in [0.15, 0.2) is 30.3 Å². The van der Waals surface area contributed by atoms with Gasteiger partial charge in [-0.2, -0.15) is 0 Å². The van der Waals surface area contributed by atoms with Gasteiger partial charge < -0.3 is 5.11 Å². The number of rotatable bonds is 1. The van der Waals surface area contributed by atoms with Crippen LogP contribution < -0.4 is 0 Å². The molecule has 2 rings (SSSR count). The van der Waals surface area contributed by atoms with Gasteiger partial charge in [0.15, 0.2) is 0 Å². The van der Waals surface area contributed by atoms with Crippen LogP contribution in [0.2, 0.25) is 0 Å². The predicted octanol–water partition coefficient (Wildman–Crippen LogP) is 6.35. The molecule has 0 saturated heterocycles. The van der Waals surface area contributed by atoms with Gasteiger partial charge in [-0.3, -0.25) is 0 Å². The zero-order chi connectivity index (χ0) is 15.5. The first kappa shape index (κ1) is 17.5. The third-order valence-corrected chi connectivity index (χ3v) is 5.24. The van der Waals surface area contributed by atoms with Gasteiger partial charge in [-0.25, -0.2) is 0 Å². The third kappa shape index (κ3) is 6.12. The van der Waals surface area contributed by atoms with Gasteiger partial charge in [-0.05, 0) is 18.4 Å². The summed E-state index contributed by atoms with van der Waals surface area (Å²) < 4.78 is 0. The van der Waals surface area contributed by atoms with E-state index in [4.69, 9.17) is 0 Å². The molecule has 1 nitrogen and oxygen atoms in total. The first-order valence-corrected chi connectivity index (χ1v) is 9.59. The molecule has 0 aliphatic heterocycles. The van der Waals surface area contributed by atoms with E-state index >= 15 is 0 Å². The quantitative estimate of drug-likeness (QED) is 0.641. The van der Waals surface area contributed by atoms with Crippen LogP contribution in [0.5, 0.6) is 0 Å². The van der Waals surface area contributed by atoms with Crippen molar-refractivity contribution in [3.8, 4) is 0 Å². The fourth-order valence-corrected chi connectivity index (χ4v) is 3.76. The summed E-state index contributed by atoms with van der Waals surface area (Å²) in [7, 11) is 0. The Hall–Kier alpha value is -0.820. The van der Waals surface area contributed by atoms with E-state index < -0.39 is 5.60 Å². The molecule has 0 spiro atoms. The van der Waals surface area contributed by atoms with E-state index in [1.54, 1.807) is 0 Å². The smallest absolute Gasteiger partial charge is 0.0896 e. The summed E-state index contributed by atoms with van der Waals surface area (Å²) in [4.78, 5) is 0. The van der Waals surface area contributed by atoms with Gasteiger partial charge in [0.25, 0.3) is 0 Å². The van der Waals surface area contributed by atoms with Crippen LogP contribution in [0.3, 0.4) is 0 Å². The lowest BCUT2D eigenvalue weighted by Crippen LogP contribution is -2.25. The molecule has 0 heterocycles. The molecule has 0 atom stereocenters. The maximum Gasteiger partial charge on any atom is 0.0896 e. The second kappa shape index (κ2) is 10.0. The van der Waals surface area contributed by atoms with Crippen molar-refractivity contribution < 1.29 is 5.11 Å². The Bertz CT molecular complexity index is 368. The van der Waals surface area contributed by atoms with Gasteiger partial charge in [-0.1, -0.05) is 107 Å². The minimum absolute atomic E-state index is 0.596. The summed E-state index contributed by atoms with van der Waals surface area (Å²) in [5, 5.41) is 11.2. The summed E-state index contributed by atoms with van der Waals surface area (Å²) in [6.45, 7) is 0. The summed E-state index contributed by atoms with van der Waals surface area (Å²) in [6, 6.07) is 10.4. The molecular formula is C21H34O. The minimum Gasteiger partial charge on any atom is -0.385 e. The maximum absolute atomic E-state index is 11.2. The van der Waals surface area contributed by atoms with Crippen LogP contribution >= 0.6 is 0 Å². The van der Waals surface area contributed by atoms with Crippen LogP contribution in [0.4, 0.5) is 0 Å². The number of aliphatic hydroxyl groups is 1. The average molecular weight is 303 g/mol. The molecule has 22 heavy (non-hydrogen) atoms. The zero-order valence-electron chi connectivity index (χ0n) is 14.2. The monoisotopic (exact) mass is 302 g/mol. The Labute approximate surface area is 137 Å². The average Bonchev–Trinajstić information content (AvgIpc) is 2.56. The highest BCUT2D eigenvalue weighted by atomic mass is 16.3. The summed E-state index contributed by atoms with van der Waals surface area (Å²) in [6.07, 6.45) is 17.8. The fraction of sp³-hybridized carbons (Fsp3) is 0.714. The second-order valence-electron chi connectivity index (χ2n) is 7.14. The molecule has 0 bridgehead atoms. The van der Waals surface area contributed by atoms with E-state index in [0.29, 0.717) is 0 Å². The van der Waals surface area contributed by atoms with Gasteiger partial charge in [0.2, 0.25) is 0 Å². The molecule has 0 unspecified atom stereocenters. The number of hydrogen-bond acceptors (Lipinski definition) is 1. The van der Waals surface area contributed by atoms with Crippen LogP contribution in [0.25, 0.3) is 0 Å². The molecule has 1 heteroatoms. The van der Waals surface area contributed by atoms with Crippen molar-refractivity contribution in [3.05, 3.63) is 35.9 Å². The largest absolute Gasteiger partial charge is 0.385 e. The van der Waals surface area contributed by atoms with Crippen molar-refractivity contribution in [3.63, 3.8) is 0 Å². The summed E-state index contributed by atoms with van der Waals surface area (Å²) in [5.74, 6) is 0. The Morgan fingerprint density at radius 2 is 0.909 bits per heavy atom. The SMILES string of the molecule is OC1(c2ccccc2)CCCCCCCCCCCCCC1. The molecular weight excluding hydrogens is 268 g/mol. The molecule has 1 N–H and O–H groups in total. The van der Waals surface area contributed by atoms with Crippen molar-refractivity contribution in [2.75, 3.05) is 0 Å². The molecule has 1 aliphatic rings. The van der Waals surface area contributed by atoms with Crippen molar-refractivity contribution in [2.45, 2.75) is 95.5 Å². The molecule has 0 aromatic heterocycles. The van der Waals surface area contributed by atoms with E-state index in [2.05, 4.69) is 24.3 Å². The predicted molar refractivity (Wildman–Crippen MR) is 95.0 cm³/mol. The fourth-order valence-electron chi connectivity index (χ4n) is 3.76. The van der Waals surface area contributed by atoms with Gasteiger partial charge in [0, 0.05) is 0 Å². The van der Waals surface area contributed by atoms with Crippen LogP contribution in [-0.2, 0) is 5.60 Å². The molecule has 0 amide bonds. The van der Waals surface area contributed by atoms with Gasteiger partial charge >= 0.3 is 0 Å². The van der Waals surface area contributed by atoms with E-state index in [0.717, 1.165) is 31.2 Å². The highest BCUT2D eigenvalue weighted by Crippen LogP contribution is 2.33. The summed E-state index contributed by atoms with van der Waals surface area (Å²) >= 11 is 0. The lowest BCUT2D eigenvalue weighted by molar-refractivity contribution is 0.0132. The maximum atomic E-state index is 11.2. The normalized spacial score (nSPS) is 22.4. The van der Waals surface area contributed by atoms with Crippen LogP contribution in [-0.4, -0.2) is 5.11 Å². The van der Waals surface area contributed by atoms with E-state index in [1.165, 1.54) is 64.2 Å². The number of benzene rings is 1.